The van der Waals surface area contributed by atoms with Crippen molar-refractivity contribution in [1.29, 1.82) is 0 Å². The minimum Gasteiger partial charge on any atom is -0.264 e. The zero-order valence-corrected chi connectivity index (χ0v) is 27.1. The van der Waals surface area contributed by atoms with E-state index in [0.29, 0.717) is 5.82 Å². The predicted molar refractivity (Wildman–Crippen MR) is 208 cm³/mol. The van der Waals surface area contributed by atoms with Crippen molar-refractivity contribution < 1.29 is 0 Å². The van der Waals surface area contributed by atoms with E-state index in [1.54, 1.807) is 6.20 Å². The first-order valence-corrected chi connectivity index (χ1v) is 16.9. The molecule has 0 aliphatic heterocycles. The molecule has 0 aliphatic rings. The summed E-state index contributed by atoms with van der Waals surface area (Å²) < 4.78 is 0. The van der Waals surface area contributed by atoms with E-state index in [0.717, 1.165) is 44.6 Å². The van der Waals surface area contributed by atoms with Crippen molar-refractivity contribution in [2.75, 3.05) is 0 Å². The molecule has 0 N–H and O–H groups in total. The molecule has 10 aromatic rings. The minimum atomic E-state index is 0.709. The summed E-state index contributed by atoms with van der Waals surface area (Å²) >= 11 is 0. The largest absolute Gasteiger partial charge is 0.264 e. The van der Waals surface area contributed by atoms with Gasteiger partial charge in [-0.3, -0.25) is 4.98 Å². The van der Waals surface area contributed by atoms with Crippen LogP contribution in [0.15, 0.2) is 176 Å². The average molecular weight is 636 g/mol. The Morgan fingerprint density at radius 2 is 0.980 bits per heavy atom. The predicted octanol–water partition coefficient (Wildman–Crippen LogP) is 12.3. The summed E-state index contributed by atoms with van der Waals surface area (Å²) in [7, 11) is 0. The lowest BCUT2D eigenvalue weighted by Gasteiger charge is -2.15. The molecule has 0 aliphatic carbocycles. The molecule has 2 heterocycles. The van der Waals surface area contributed by atoms with Gasteiger partial charge >= 0.3 is 0 Å². The molecule has 0 atom stereocenters. The topological polar surface area (TPSA) is 38.7 Å². The number of rotatable bonds is 5. The van der Waals surface area contributed by atoms with Gasteiger partial charge in [0.2, 0.25) is 0 Å². The van der Waals surface area contributed by atoms with Crippen LogP contribution in [0.2, 0.25) is 0 Å². The molecule has 0 saturated heterocycles. The smallest absolute Gasteiger partial charge is 0.161 e. The van der Waals surface area contributed by atoms with E-state index in [9.17, 15) is 0 Å². The Morgan fingerprint density at radius 1 is 0.340 bits per heavy atom. The molecule has 0 fully saturated rings. The normalized spacial score (nSPS) is 11.6. The van der Waals surface area contributed by atoms with Gasteiger partial charge in [-0.05, 0) is 84.0 Å². The molecule has 3 nitrogen and oxygen atoms in total. The number of hydrogen-bond donors (Lipinski definition) is 0. The number of aromatic nitrogens is 3. The maximum absolute atomic E-state index is 5.29. The highest BCUT2D eigenvalue weighted by Crippen LogP contribution is 2.40. The molecular formula is C47H29N3. The molecule has 0 amide bonds. The van der Waals surface area contributed by atoms with Crippen LogP contribution < -0.4 is 0 Å². The van der Waals surface area contributed by atoms with Crippen LogP contribution in [0.25, 0.3) is 99.2 Å². The van der Waals surface area contributed by atoms with Gasteiger partial charge in [-0.15, -0.1) is 0 Å². The lowest BCUT2D eigenvalue weighted by Crippen LogP contribution is -1.97. The minimum absolute atomic E-state index is 0.709. The Kier molecular flexibility index (Phi) is 6.49. The zero-order chi connectivity index (χ0) is 33.0. The molecular weight excluding hydrogens is 607 g/mol. The van der Waals surface area contributed by atoms with Crippen LogP contribution in [0.5, 0.6) is 0 Å². The fraction of sp³-hybridized carbons (Fsp3) is 0. The monoisotopic (exact) mass is 635 g/mol. The van der Waals surface area contributed by atoms with Crippen LogP contribution in [0.1, 0.15) is 0 Å². The highest BCUT2D eigenvalue weighted by Gasteiger charge is 2.17. The maximum Gasteiger partial charge on any atom is 0.161 e. The summed E-state index contributed by atoms with van der Waals surface area (Å²) in [5.74, 6) is 0.709. The van der Waals surface area contributed by atoms with Gasteiger partial charge in [0.1, 0.15) is 0 Å². The van der Waals surface area contributed by atoms with E-state index in [1.807, 2.05) is 12.3 Å². The van der Waals surface area contributed by atoms with Crippen molar-refractivity contribution in [3.05, 3.63) is 176 Å². The third-order valence-electron chi connectivity index (χ3n) is 9.93. The van der Waals surface area contributed by atoms with Crippen molar-refractivity contribution in [1.82, 2.24) is 15.0 Å². The van der Waals surface area contributed by atoms with Gasteiger partial charge in [0.15, 0.2) is 5.82 Å². The van der Waals surface area contributed by atoms with Crippen molar-refractivity contribution in [2.45, 2.75) is 0 Å². The summed E-state index contributed by atoms with van der Waals surface area (Å²) in [5, 5.41) is 9.89. The molecule has 232 valence electrons. The SMILES string of the molecule is c1cncc(-c2cccc(-c3cc(-c4ccc(-c5cccc6ccccc56)cc4)nc(-c4ccc5ccc6cccc7ccc4c5c67)n3)c2)c1. The molecule has 0 bridgehead atoms. The first-order chi connectivity index (χ1) is 24.8. The summed E-state index contributed by atoms with van der Waals surface area (Å²) in [6, 6.07) is 58.3. The van der Waals surface area contributed by atoms with Gasteiger partial charge in [0.25, 0.3) is 0 Å². The Balaban J connectivity index is 1.16. The van der Waals surface area contributed by atoms with Gasteiger partial charge in [-0.1, -0.05) is 140 Å². The van der Waals surface area contributed by atoms with Crippen LogP contribution in [-0.2, 0) is 0 Å². The molecule has 2 aromatic heterocycles. The van der Waals surface area contributed by atoms with E-state index in [1.165, 1.54) is 48.8 Å². The Labute approximate surface area is 289 Å². The number of nitrogens with zero attached hydrogens (tertiary/aromatic N) is 3. The van der Waals surface area contributed by atoms with E-state index < -0.39 is 0 Å². The molecule has 0 radical (unpaired) electrons. The Morgan fingerprint density at radius 3 is 1.82 bits per heavy atom. The first kappa shape index (κ1) is 28.3. The molecule has 0 unspecified atom stereocenters. The highest BCUT2D eigenvalue weighted by atomic mass is 14.9. The lowest BCUT2D eigenvalue weighted by molar-refractivity contribution is 1.19. The number of fused-ring (bicyclic) bond motifs is 1. The first-order valence-electron chi connectivity index (χ1n) is 16.9. The molecule has 0 spiro atoms. The van der Waals surface area contributed by atoms with E-state index >= 15 is 0 Å². The van der Waals surface area contributed by atoms with Gasteiger partial charge in [0, 0.05) is 34.6 Å². The standard InChI is InChI=1S/C47H29N3/c1-2-14-39-30(7-1)8-5-15-40(39)31-16-18-32(19-17-31)43-28-44(37-12-4-11-36(27-37)38-13-6-26-48-29-38)50-47(49-43)42-25-23-35-21-20-33-9-3-10-34-22-24-41(42)46(35)45(33)34/h1-29H. The Hall–Kier alpha value is -6.71. The average Bonchev–Trinajstić information content (AvgIpc) is 3.20. The molecule has 0 saturated carbocycles. The van der Waals surface area contributed by atoms with Crippen molar-refractivity contribution >= 4 is 43.1 Å². The van der Waals surface area contributed by atoms with E-state index in [2.05, 4.69) is 163 Å². The molecule has 10 rings (SSSR count). The number of pyridine rings is 1. The van der Waals surface area contributed by atoms with Gasteiger partial charge < -0.3 is 0 Å². The number of benzene rings is 8. The third-order valence-corrected chi connectivity index (χ3v) is 9.93. The summed E-state index contributed by atoms with van der Waals surface area (Å²) in [5.41, 5.74) is 9.41. The molecule has 50 heavy (non-hydrogen) atoms. The Bertz CT molecular complexity index is 2840. The summed E-state index contributed by atoms with van der Waals surface area (Å²) in [4.78, 5) is 14.9. The summed E-state index contributed by atoms with van der Waals surface area (Å²) in [6.07, 6.45) is 3.71. The number of hydrogen-bond acceptors (Lipinski definition) is 3. The van der Waals surface area contributed by atoms with Crippen LogP contribution in [0.4, 0.5) is 0 Å². The zero-order valence-electron chi connectivity index (χ0n) is 27.1. The van der Waals surface area contributed by atoms with Crippen molar-refractivity contribution in [3.8, 4) is 56.2 Å². The summed E-state index contributed by atoms with van der Waals surface area (Å²) in [6.45, 7) is 0. The lowest BCUT2D eigenvalue weighted by atomic mass is 9.91. The molecule has 3 heteroatoms. The second kappa shape index (κ2) is 11.5. The van der Waals surface area contributed by atoms with Crippen LogP contribution in [0.3, 0.4) is 0 Å². The fourth-order valence-electron chi connectivity index (χ4n) is 7.48. The van der Waals surface area contributed by atoms with Crippen molar-refractivity contribution in [3.63, 3.8) is 0 Å². The van der Waals surface area contributed by atoms with Gasteiger partial charge in [0.05, 0.1) is 11.4 Å². The van der Waals surface area contributed by atoms with Crippen molar-refractivity contribution in [2.24, 2.45) is 0 Å². The quantitative estimate of drug-likeness (QED) is 0.177. The molecule has 8 aromatic carbocycles. The second-order valence-corrected chi connectivity index (χ2v) is 12.9. The van der Waals surface area contributed by atoms with Crippen LogP contribution in [0, 0.1) is 0 Å². The van der Waals surface area contributed by atoms with Gasteiger partial charge in [-0.25, -0.2) is 9.97 Å². The van der Waals surface area contributed by atoms with Crippen LogP contribution in [-0.4, -0.2) is 15.0 Å². The maximum atomic E-state index is 5.29. The second-order valence-electron chi connectivity index (χ2n) is 12.9. The highest BCUT2D eigenvalue weighted by molar-refractivity contribution is 6.25. The third kappa shape index (κ3) is 4.71. The van der Waals surface area contributed by atoms with Gasteiger partial charge in [-0.2, -0.15) is 0 Å². The van der Waals surface area contributed by atoms with E-state index in [-0.39, 0.29) is 0 Å². The van der Waals surface area contributed by atoms with Crippen LogP contribution >= 0.6 is 0 Å². The van der Waals surface area contributed by atoms with E-state index in [4.69, 9.17) is 9.97 Å². The fourth-order valence-corrected chi connectivity index (χ4v) is 7.48.